The first-order chi connectivity index (χ1) is 13.7. The van der Waals surface area contributed by atoms with Gasteiger partial charge >= 0.3 is 0 Å². The molecule has 146 valence electrons. The summed E-state index contributed by atoms with van der Waals surface area (Å²) in [7, 11) is 1.82. The predicted octanol–water partition coefficient (Wildman–Crippen LogP) is 3.90. The molecule has 6 nitrogen and oxygen atoms in total. The summed E-state index contributed by atoms with van der Waals surface area (Å²) in [5, 5.41) is 9.10. The van der Waals surface area contributed by atoms with E-state index in [0.29, 0.717) is 6.54 Å². The molecule has 1 fully saturated rings. The van der Waals surface area contributed by atoms with Crippen LogP contribution in [-0.4, -0.2) is 28.0 Å². The van der Waals surface area contributed by atoms with Crippen LogP contribution in [0.5, 0.6) is 5.75 Å². The molecule has 7 heteroatoms. The van der Waals surface area contributed by atoms with E-state index >= 15 is 0 Å². The summed E-state index contributed by atoms with van der Waals surface area (Å²) in [6, 6.07) is 8.58. The van der Waals surface area contributed by atoms with Crippen molar-refractivity contribution in [1.29, 1.82) is 0 Å². The Morgan fingerprint density at radius 3 is 3.04 bits per heavy atom. The smallest absolute Gasteiger partial charge is 0.193 e. The normalized spacial score (nSPS) is 20.9. The largest absolute Gasteiger partial charge is 0.487 e. The Hall–Kier alpha value is -2.54. The number of rotatable bonds is 3. The zero-order valence-corrected chi connectivity index (χ0v) is 16.8. The van der Waals surface area contributed by atoms with E-state index in [1.165, 1.54) is 18.4 Å². The quantitative estimate of drug-likeness (QED) is 0.522. The number of nitrogens with zero attached hydrogens (tertiary/aromatic N) is 3. The summed E-state index contributed by atoms with van der Waals surface area (Å²) in [4.78, 5) is 10.1. The molecule has 2 aromatic heterocycles. The zero-order chi connectivity index (χ0) is 19.0. The van der Waals surface area contributed by atoms with E-state index in [9.17, 15) is 0 Å². The van der Waals surface area contributed by atoms with Crippen molar-refractivity contribution in [2.45, 2.75) is 50.3 Å². The van der Waals surface area contributed by atoms with Gasteiger partial charge in [0.1, 0.15) is 11.4 Å². The summed E-state index contributed by atoms with van der Waals surface area (Å²) in [6.45, 7) is 0.643. The summed E-state index contributed by atoms with van der Waals surface area (Å²) >= 11 is 1.64. The Morgan fingerprint density at radius 1 is 1.36 bits per heavy atom. The highest BCUT2D eigenvalue weighted by molar-refractivity contribution is 7.15. The Labute approximate surface area is 168 Å². The molecule has 1 spiro atoms. The maximum atomic E-state index is 6.47. The van der Waals surface area contributed by atoms with E-state index in [1.54, 1.807) is 11.3 Å². The number of nitrogens with one attached hydrogen (secondary N) is 2. The maximum absolute atomic E-state index is 6.47. The van der Waals surface area contributed by atoms with Gasteiger partial charge in [0.2, 0.25) is 0 Å². The molecule has 3 heterocycles. The maximum Gasteiger partial charge on any atom is 0.193 e. The fourth-order valence-electron chi connectivity index (χ4n) is 4.47. The van der Waals surface area contributed by atoms with Crippen molar-refractivity contribution in [2.24, 2.45) is 4.99 Å². The topological polar surface area (TPSA) is 63.0 Å². The fourth-order valence-corrected chi connectivity index (χ4v) is 5.19. The van der Waals surface area contributed by atoms with Gasteiger partial charge < -0.3 is 15.4 Å². The van der Waals surface area contributed by atoms with Gasteiger partial charge in [0.15, 0.2) is 10.9 Å². The van der Waals surface area contributed by atoms with Gasteiger partial charge in [0.05, 0.1) is 18.3 Å². The highest BCUT2D eigenvalue weighted by atomic mass is 32.1. The van der Waals surface area contributed by atoms with Crippen molar-refractivity contribution in [2.75, 3.05) is 7.05 Å². The number of aliphatic imine (C=N–C) groups is 1. The minimum Gasteiger partial charge on any atom is -0.487 e. The van der Waals surface area contributed by atoms with Crippen LogP contribution < -0.4 is 15.4 Å². The third kappa shape index (κ3) is 3.24. The lowest BCUT2D eigenvalue weighted by molar-refractivity contribution is 0.0396. The van der Waals surface area contributed by atoms with Crippen molar-refractivity contribution in [3.05, 3.63) is 53.3 Å². The number of benzene rings is 1. The molecule has 2 N–H and O–H groups in total. The first-order valence-corrected chi connectivity index (χ1v) is 10.8. The van der Waals surface area contributed by atoms with E-state index in [1.807, 2.05) is 18.6 Å². The van der Waals surface area contributed by atoms with Crippen LogP contribution in [0.15, 0.2) is 47.0 Å². The molecule has 1 atom stereocenters. The first-order valence-electron chi connectivity index (χ1n) is 9.91. The summed E-state index contributed by atoms with van der Waals surface area (Å²) in [5.41, 5.74) is 2.19. The van der Waals surface area contributed by atoms with Crippen LogP contribution in [0.3, 0.4) is 0 Å². The lowest BCUT2D eigenvalue weighted by Gasteiger charge is -2.40. The average Bonchev–Trinajstić information content (AvgIpc) is 3.42. The van der Waals surface area contributed by atoms with Crippen molar-refractivity contribution in [3.63, 3.8) is 0 Å². The molecule has 28 heavy (non-hydrogen) atoms. The lowest BCUT2D eigenvalue weighted by Crippen LogP contribution is -2.46. The minimum absolute atomic E-state index is 0.0287. The molecular weight excluding hydrogens is 370 g/mol. The zero-order valence-electron chi connectivity index (χ0n) is 16.0. The van der Waals surface area contributed by atoms with Gasteiger partial charge in [-0.3, -0.25) is 9.39 Å². The van der Waals surface area contributed by atoms with Crippen LogP contribution in [0.4, 0.5) is 0 Å². The van der Waals surface area contributed by atoms with E-state index in [0.717, 1.165) is 41.6 Å². The number of ether oxygens (including phenoxy) is 1. The molecule has 2 aliphatic rings. The number of guanidine groups is 1. The third-order valence-corrected chi connectivity index (χ3v) is 6.60. The minimum atomic E-state index is -0.0287. The Kier molecular flexibility index (Phi) is 4.47. The van der Waals surface area contributed by atoms with Crippen LogP contribution in [0.25, 0.3) is 4.96 Å². The van der Waals surface area contributed by atoms with E-state index in [4.69, 9.17) is 4.74 Å². The molecule has 1 saturated carbocycles. The lowest BCUT2D eigenvalue weighted by atomic mass is 9.86. The van der Waals surface area contributed by atoms with Gasteiger partial charge in [-0.25, -0.2) is 4.98 Å². The van der Waals surface area contributed by atoms with Crippen LogP contribution in [0.1, 0.15) is 49.4 Å². The highest BCUT2D eigenvalue weighted by Crippen LogP contribution is 2.46. The van der Waals surface area contributed by atoms with Gasteiger partial charge in [-0.1, -0.05) is 18.2 Å². The van der Waals surface area contributed by atoms with Gasteiger partial charge in [-0.2, -0.15) is 0 Å². The fraction of sp³-hybridized carbons (Fsp3) is 0.429. The van der Waals surface area contributed by atoms with E-state index < -0.39 is 0 Å². The van der Waals surface area contributed by atoms with Crippen LogP contribution in [0.2, 0.25) is 0 Å². The van der Waals surface area contributed by atoms with E-state index in [-0.39, 0.29) is 11.6 Å². The second-order valence-corrected chi connectivity index (χ2v) is 8.55. The Morgan fingerprint density at radius 2 is 2.21 bits per heavy atom. The molecule has 0 saturated heterocycles. The molecule has 0 amide bonds. The van der Waals surface area contributed by atoms with Gasteiger partial charge in [0.25, 0.3) is 0 Å². The van der Waals surface area contributed by atoms with Gasteiger partial charge in [-0.15, -0.1) is 11.3 Å². The molecule has 1 aromatic carbocycles. The third-order valence-electron chi connectivity index (χ3n) is 5.83. The standard InChI is InChI=1S/C21H25N5OS/c1-22-19(23-13-15-14-26-10-11-28-20(26)24-15)25-17-12-21(8-4-5-9-21)27-18-7-3-2-6-16(17)18/h2-3,6-7,10-11,14,17H,4-5,8-9,12-13H2,1H3,(H2,22,23,25). The number of para-hydroxylation sites is 1. The average molecular weight is 396 g/mol. The number of aromatic nitrogens is 2. The number of hydrogen-bond donors (Lipinski definition) is 2. The van der Waals surface area contributed by atoms with Crippen molar-refractivity contribution >= 4 is 22.3 Å². The Bertz CT molecular complexity index is 973. The summed E-state index contributed by atoms with van der Waals surface area (Å²) in [5.74, 6) is 1.81. The van der Waals surface area contributed by atoms with Crippen LogP contribution in [0, 0.1) is 0 Å². The number of thiazole rings is 1. The molecule has 5 rings (SSSR count). The molecule has 3 aromatic rings. The first kappa shape index (κ1) is 17.6. The van der Waals surface area contributed by atoms with Gasteiger partial charge in [-0.05, 0) is 31.7 Å². The summed E-state index contributed by atoms with van der Waals surface area (Å²) in [6.07, 6.45) is 9.84. The summed E-state index contributed by atoms with van der Waals surface area (Å²) < 4.78 is 8.52. The molecular formula is C21H25N5OS. The molecule has 1 unspecified atom stereocenters. The second-order valence-electron chi connectivity index (χ2n) is 7.68. The molecule has 0 bridgehead atoms. The van der Waals surface area contributed by atoms with Gasteiger partial charge in [0, 0.05) is 36.8 Å². The number of fused-ring (bicyclic) bond motifs is 2. The van der Waals surface area contributed by atoms with Crippen LogP contribution in [-0.2, 0) is 6.54 Å². The monoisotopic (exact) mass is 395 g/mol. The SMILES string of the molecule is CN=C(NCc1cn2ccsc2n1)NC1CC2(CCCC2)Oc2ccccc21. The predicted molar refractivity (Wildman–Crippen MR) is 112 cm³/mol. The van der Waals surface area contributed by atoms with E-state index in [2.05, 4.69) is 55.5 Å². The highest BCUT2D eigenvalue weighted by Gasteiger charge is 2.43. The molecule has 0 radical (unpaired) electrons. The number of hydrogen-bond acceptors (Lipinski definition) is 4. The molecule has 1 aliphatic carbocycles. The Balaban J connectivity index is 1.32. The molecule has 1 aliphatic heterocycles. The van der Waals surface area contributed by atoms with Crippen molar-refractivity contribution in [3.8, 4) is 5.75 Å². The number of imidazole rings is 1. The van der Waals surface area contributed by atoms with Crippen molar-refractivity contribution in [1.82, 2.24) is 20.0 Å². The van der Waals surface area contributed by atoms with Crippen molar-refractivity contribution < 1.29 is 4.74 Å². The van der Waals surface area contributed by atoms with Crippen LogP contribution >= 0.6 is 11.3 Å². The second kappa shape index (κ2) is 7.13.